The van der Waals surface area contributed by atoms with Crippen molar-refractivity contribution in [2.45, 2.75) is 0 Å². The Hall–Kier alpha value is 0.559. The van der Waals surface area contributed by atoms with Gasteiger partial charge in [-0.25, -0.2) is 0 Å². The maximum atomic E-state index is 8.80. The van der Waals surface area contributed by atoms with Crippen molar-refractivity contribution in [3.8, 4) is 0 Å². The summed E-state index contributed by atoms with van der Waals surface area (Å²) in [4.78, 5) is 0. The predicted molar refractivity (Wildman–Crippen MR) is 5.81 cm³/mol. The Morgan fingerprint density at radius 2 is 1.17 bits per heavy atom. The van der Waals surface area contributed by atoms with Gasteiger partial charge in [0.15, 0.2) is 0 Å². The maximum absolute atomic E-state index is 8.80. The summed E-state index contributed by atoms with van der Waals surface area (Å²) in [5.74, 6) is 0. The quantitative estimate of drug-likeness (QED) is 0.448. The SMILES string of the molecule is [Fe].[O]=[Mn](=[O])([OH])[OH]. The van der Waals surface area contributed by atoms with E-state index in [9.17, 15) is 0 Å². The first-order valence-corrected chi connectivity index (χ1v) is 2.67. The molecule has 41 valence electrons. The molecule has 0 aromatic carbocycles. The molecule has 0 bridgehead atoms. The van der Waals surface area contributed by atoms with Gasteiger partial charge >= 0.3 is 29.4 Å². The van der Waals surface area contributed by atoms with Crippen molar-refractivity contribution in [3.05, 3.63) is 0 Å². The fourth-order valence-electron chi connectivity index (χ4n) is 0. The third kappa shape index (κ3) is 185. The zero-order valence-corrected chi connectivity index (χ0v) is 4.73. The van der Waals surface area contributed by atoms with Crippen LogP contribution in [0.2, 0.25) is 0 Å². The minimum atomic E-state index is -5.12. The van der Waals surface area contributed by atoms with E-state index < -0.39 is 13.4 Å². The van der Waals surface area contributed by atoms with Crippen LogP contribution in [0, 0.1) is 0 Å². The van der Waals surface area contributed by atoms with Crippen LogP contribution < -0.4 is 0 Å². The molecule has 0 fully saturated rings. The molecule has 0 aromatic rings. The summed E-state index contributed by atoms with van der Waals surface area (Å²) in [5.41, 5.74) is 0. The Balaban J connectivity index is 0. The van der Waals surface area contributed by atoms with Gasteiger partial charge in [0.1, 0.15) is 0 Å². The van der Waals surface area contributed by atoms with E-state index in [2.05, 4.69) is 0 Å². The third-order valence-electron chi connectivity index (χ3n) is 0. The first-order valence-electron chi connectivity index (χ1n) is 0.647. The average molecular weight is 177 g/mol. The van der Waals surface area contributed by atoms with E-state index in [0.29, 0.717) is 0 Å². The van der Waals surface area contributed by atoms with Crippen LogP contribution in [-0.4, -0.2) is 8.38 Å². The average Bonchev–Trinajstić information content (AvgIpc) is 0.722. The summed E-state index contributed by atoms with van der Waals surface area (Å²) < 4.78 is 31.8. The molecule has 0 heterocycles. The van der Waals surface area contributed by atoms with Crippen molar-refractivity contribution in [1.29, 1.82) is 0 Å². The Labute approximate surface area is 46.9 Å². The van der Waals surface area contributed by atoms with Crippen LogP contribution in [-0.2, 0) is 38.1 Å². The van der Waals surface area contributed by atoms with Crippen molar-refractivity contribution < 1.29 is 46.5 Å². The standard InChI is InChI=1S/Fe.Mn.2H2O.2O/h;;2*1H2;;/q;+2;;;;/p-2. The van der Waals surface area contributed by atoms with Crippen LogP contribution in [0.25, 0.3) is 0 Å². The zero-order valence-electron chi connectivity index (χ0n) is 2.44. The van der Waals surface area contributed by atoms with E-state index in [0.717, 1.165) is 0 Å². The van der Waals surface area contributed by atoms with Gasteiger partial charge in [-0.2, -0.15) is 0 Å². The fraction of sp³-hybridized carbons (Fsp3) is 0. The fourth-order valence-corrected chi connectivity index (χ4v) is 0. The summed E-state index contributed by atoms with van der Waals surface area (Å²) in [6.07, 6.45) is 0. The minimum absolute atomic E-state index is 0. The molecule has 6 heavy (non-hydrogen) atoms. The summed E-state index contributed by atoms with van der Waals surface area (Å²) in [6.45, 7) is 0. The van der Waals surface area contributed by atoms with E-state index in [1.807, 2.05) is 0 Å². The third-order valence-corrected chi connectivity index (χ3v) is 0. The Morgan fingerprint density at radius 1 is 1.17 bits per heavy atom. The van der Waals surface area contributed by atoms with Gasteiger partial charge < -0.3 is 0 Å². The Morgan fingerprint density at radius 3 is 1.17 bits per heavy atom. The van der Waals surface area contributed by atoms with E-state index >= 15 is 0 Å². The molecule has 0 saturated carbocycles. The topological polar surface area (TPSA) is 74.6 Å². The summed E-state index contributed by atoms with van der Waals surface area (Å²) >= 11 is -5.12. The molecule has 0 rings (SSSR count). The summed E-state index contributed by atoms with van der Waals surface area (Å²) in [5, 5.41) is 0. The van der Waals surface area contributed by atoms with Crippen molar-refractivity contribution in [1.82, 2.24) is 0 Å². The molecule has 0 aliphatic rings. The molecular formula is H2FeMnO4. The molecule has 0 atom stereocenters. The van der Waals surface area contributed by atoms with Gasteiger partial charge in [0.05, 0.1) is 0 Å². The van der Waals surface area contributed by atoms with E-state index in [1.165, 1.54) is 0 Å². The number of rotatable bonds is 0. The zero-order chi connectivity index (χ0) is 4.50. The molecule has 0 unspecified atom stereocenters. The molecule has 0 aromatic heterocycles. The first kappa shape index (κ1) is 9.75. The number of hydrogen-bond donors (Lipinski definition) is 2. The van der Waals surface area contributed by atoms with E-state index in [-0.39, 0.29) is 17.1 Å². The van der Waals surface area contributed by atoms with Crippen molar-refractivity contribution in [3.63, 3.8) is 0 Å². The molecule has 0 amide bonds. The normalized spacial score (nSPS) is 9.67. The molecule has 2 N–H and O–H groups in total. The van der Waals surface area contributed by atoms with Crippen molar-refractivity contribution >= 4 is 0 Å². The molecule has 4 nitrogen and oxygen atoms in total. The Bertz CT molecular complexity index is 90.7. The van der Waals surface area contributed by atoms with Gasteiger partial charge in [0.25, 0.3) is 0 Å². The summed E-state index contributed by atoms with van der Waals surface area (Å²) in [7, 11) is 0. The summed E-state index contributed by atoms with van der Waals surface area (Å²) in [6, 6.07) is 0. The van der Waals surface area contributed by atoms with Crippen LogP contribution in [0.3, 0.4) is 0 Å². The van der Waals surface area contributed by atoms with Crippen molar-refractivity contribution in [2.75, 3.05) is 0 Å². The van der Waals surface area contributed by atoms with Gasteiger partial charge in [-0.1, -0.05) is 0 Å². The van der Waals surface area contributed by atoms with Gasteiger partial charge in [0, 0.05) is 17.1 Å². The van der Waals surface area contributed by atoms with Crippen LogP contribution in [0.1, 0.15) is 0 Å². The van der Waals surface area contributed by atoms with E-state index in [4.69, 9.17) is 16.0 Å². The first-order chi connectivity index (χ1) is 2.00. The molecule has 0 aliphatic carbocycles. The molecule has 6 heteroatoms. The molecule has 0 saturated heterocycles. The second-order valence-electron chi connectivity index (χ2n) is 0.415. The van der Waals surface area contributed by atoms with Gasteiger partial charge in [-0.15, -0.1) is 0 Å². The second kappa shape index (κ2) is 2.69. The Kier molecular flexibility index (Phi) is 4.37. The predicted octanol–water partition coefficient (Wildman–Crippen LogP) is -1.36. The molecule has 0 radical (unpaired) electrons. The van der Waals surface area contributed by atoms with E-state index in [1.54, 1.807) is 0 Å². The molecule has 0 aliphatic heterocycles. The van der Waals surface area contributed by atoms with Gasteiger partial charge in [0.2, 0.25) is 0 Å². The van der Waals surface area contributed by atoms with Crippen LogP contribution in [0.4, 0.5) is 0 Å². The van der Waals surface area contributed by atoms with Crippen LogP contribution >= 0.6 is 0 Å². The van der Waals surface area contributed by atoms with Crippen molar-refractivity contribution in [2.24, 2.45) is 0 Å². The number of hydrogen-bond acceptors (Lipinski definition) is 2. The molecule has 0 spiro atoms. The monoisotopic (exact) mass is 177 g/mol. The van der Waals surface area contributed by atoms with Gasteiger partial charge in [-0.05, 0) is 0 Å². The second-order valence-corrected chi connectivity index (χ2v) is 1.71. The van der Waals surface area contributed by atoms with Gasteiger partial charge in [-0.3, -0.25) is 0 Å². The van der Waals surface area contributed by atoms with Crippen LogP contribution in [0.5, 0.6) is 0 Å². The molecular weight excluding hydrogens is 175 g/mol. The van der Waals surface area contributed by atoms with Crippen LogP contribution in [0.15, 0.2) is 0 Å².